The number of hydrogen-bond acceptors (Lipinski definition) is 2. The van der Waals surface area contributed by atoms with Crippen molar-refractivity contribution in [1.29, 1.82) is 0 Å². The minimum absolute atomic E-state index is 0.319. The Morgan fingerprint density at radius 2 is 1.47 bits per heavy atom. The van der Waals surface area contributed by atoms with Crippen molar-refractivity contribution < 1.29 is 0 Å². The average Bonchev–Trinajstić information content (AvgIpc) is 3.40. The Balaban J connectivity index is 1.41. The van der Waals surface area contributed by atoms with Gasteiger partial charge in [0.15, 0.2) is 0 Å². The Bertz CT molecular complexity index is 1330. The van der Waals surface area contributed by atoms with Crippen molar-refractivity contribution in [2.75, 3.05) is 4.90 Å². The van der Waals surface area contributed by atoms with Gasteiger partial charge < -0.3 is 4.90 Å². The van der Waals surface area contributed by atoms with Crippen LogP contribution in [0.3, 0.4) is 0 Å². The normalized spacial score (nSPS) is 26.1. The fraction of sp³-hybridized carbons (Fsp3) is 0.133. The number of fused-ring (bicyclic) bond motifs is 6. The van der Waals surface area contributed by atoms with Gasteiger partial charge in [-0.2, -0.15) is 0 Å². The zero-order valence-electron chi connectivity index (χ0n) is 17.6. The van der Waals surface area contributed by atoms with E-state index in [0.717, 1.165) is 0 Å². The Morgan fingerprint density at radius 3 is 2.38 bits per heavy atom. The summed E-state index contributed by atoms with van der Waals surface area (Å²) in [5.41, 5.74) is 8.14. The van der Waals surface area contributed by atoms with Gasteiger partial charge in [-0.15, -0.1) is 11.8 Å². The molecule has 3 aromatic carbocycles. The molecule has 2 aliphatic heterocycles. The molecule has 0 aromatic heterocycles. The third kappa shape index (κ3) is 2.66. The summed E-state index contributed by atoms with van der Waals surface area (Å²) in [6.45, 7) is 0. The standard InChI is InChI=1S/C30H23NS/c1-2-9-21(10-3-1)31-27-15-6-4-11-23(27)25-14-8-13-22(30(25)31)20-17-18-29-26(19-20)24-12-5-7-16-28(24)32-29/h1-19,23-24,27-28H. The van der Waals surface area contributed by atoms with E-state index in [1.165, 1.54) is 38.5 Å². The van der Waals surface area contributed by atoms with Crippen LogP contribution < -0.4 is 4.90 Å². The highest BCUT2D eigenvalue weighted by Gasteiger charge is 2.39. The van der Waals surface area contributed by atoms with E-state index >= 15 is 0 Å². The van der Waals surface area contributed by atoms with Gasteiger partial charge in [0.25, 0.3) is 0 Å². The summed E-state index contributed by atoms with van der Waals surface area (Å²) in [6, 6.07) is 25.1. The summed E-state index contributed by atoms with van der Waals surface area (Å²) in [5.74, 6) is 0.867. The van der Waals surface area contributed by atoms with E-state index in [-0.39, 0.29) is 0 Å². The summed E-state index contributed by atoms with van der Waals surface area (Å²) in [4.78, 5) is 3.97. The Hall–Kier alpha value is -3.23. The van der Waals surface area contributed by atoms with Gasteiger partial charge >= 0.3 is 0 Å². The molecule has 154 valence electrons. The highest BCUT2D eigenvalue weighted by Crippen LogP contribution is 2.53. The highest BCUT2D eigenvalue weighted by atomic mass is 32.2. The molecule has 4 aliphatic rings. The van der Waals surface area contributed by atoms with Gasteiger partial charge in [0.05, 0.1) is 11.7 Å². The molecule has 2 heterocycles. The second kappa shape index (κ2) is 7.15. The molecule has 4 atom stereocenters. The summed E-state index contributed by atoms with van der Waals surface area (Å²) in [6.07, 6.45) is 18.2. The predicted octanol–water partition coefficient (Wildman–Crippen LogP) is 7.77. The minimum atomic E-state index is 0.319. The zero-order valence-corrected chi connectivity index (χ0v) is 18.5. The Morgan fingerprint density at radius 1 is 0.656 bits per heavy atom. The van der Waals surface area contributed by atoms with Crippen LogP contribution in [0.5, 0.6) is 0 Å². The van der Waals surface area contributed by atoms with Crippen molar-refractivity contribution in [2.45, 2.75) is 28.0 Å². The first-order chi connectivity index (χ1) is 15.9. The summed E-state index contributed by atoms with van der Waals surface area (Å²) < 4.78 is 0. The second-order valence-corrected chi connectivity index (χ2v) is 10.1. The molecule has 0 saturated carbocycles. The molecule has 0 radical (unpaired) electrons. The maximum atomic E-state index is 2.55. The van der Waals surface area contributed by atoms with Gasteiger partial charge in [0.2, 0.25) is 0 Å². The number of nitrogens with zero attached hydrogens (tertiary/aromatic N) is 1. The predicted molar refractivity (Wildman–Crippen MR) is 136 cm³/mol. The summed E-state index contributed by atoms with van der Waals surface area (Å²) >= 11 is 2.00. The molecular weight excluding hydrogens is 406 g/mol. The van der Waals surface area contributed by atoms with E-state index in [0.29, 0.717) is 23.1 Å². The maximum absolute atomic E-state index is 2.55. The van der Waals surface area contributed by atoms with E-state index in [4.69, 9.17) is 0 Å². The fourth-order valence-electron chi connectivity index (χ4n) is 5.71. The molecule has 2 heteroatoms. The number of allylic oxidation sites excluding steroid dienone is 5. The van der Waals surface area contributed by atoms with Gasteiger partial charge in [-0.25, -0.2) is 0 Å². The first kappa shape index (κ1) is 18.4. The summed E-state index contributed by atoms with van der Waals surface area (Å²) in [7, 11) is 0. The van der Waals surface area contributed by atoms with Crippen molar-refractivity contribution in [2.24, 2.45) is 0 Å². The van der Waals surface area contributed by atoms with Gasteiger partial charge in [-0.3, -0.25) is 0 Å². The molecule has 7 rings (SSSR count). The molecule has 0 bridgehead atoms. The molecule has 2 aliphatic carbocycles. The molecule has 4 unspecified atom stereocenters. The smallest absolute Gasteiger partial charge is 0.0629 e. The van der Waals surface area contributed by atoms with Gasteiger partial charge in [0.1, 0.15) is 0 Å². The van der Waals surface area contributed by atoms with E-state index in [2.05, 4.69) is 120 Å². The SMILES string of the molecule is C1=CC2Sc3ccc(-c4cccc5c4N(c4ccccc4)C4C=CC=CC54)cc3C2C=C1. The van der Waals surface area contributed by atoms with Crippen LogP contribution in [0.25, 0.3) is 11.1 Å². The largest absolute Gasteiger partial charge is 0.333 e. The lowest BCUT2D eigenvalue weighted by Gasteiger charge is -2.29. The van der Waals surface area contributed by atoms with E-state index in [9.17, 15) is 0 Å². The van der Waals surface area contributed by atoms with Crippen molar-refractivity contribution in [3.05, 3.63) is 126 Å². The molecule has 0 saturated heterocycles. The van der Waals surface area contributed by atoms with E-state index < -0.39 is 0 Å². The third-order valence-electron chi connectivity index (χ3n) is 7.13. The second-order valence-electron chi connectivity index (χ2n) is 8.87. The van der Waals surface area contributed by atoms with Crippen LogP contribution in [-0.4, -0.2) is 11.3 Å². The number of para-hydroxylation sites is 2. The number of rotatable bonds is 2. The van der Waals surface area contributed by atoms with Gasteiger partial charge in [0, 0.05) is 33.2 Å². The first-order valence-corrected chi connectivity index (χ1v) is 12.2. The lowest BCUT2D eigenvalue weighted by Crippen LogP contribution is -2.28. The molecule has 0 spiro atoms. The van der Waals surface area contributed by atoms with Crippen LogP contribution in [-0.2, 0) is 0 Å². The molecule has 0 fully saturated rings. The van der Waals surface area contributed by atoms with Crippen molar-refractivity contribution in [3.63, 3.8) is 0 Å². The van der Waals surface area contributed by atoms with Crippen LogP contribution in [0.2, 0.25) is 0 Å². The number of thioether (sulfide) groups is 1. The van der Waals surface area contributed by atoms with Crippen LogP contribution in [0.15, 0.2) is 120 Å². The lowest BCUT2D eigenvalue weighted by molar-refractivity contribution is 0.745. The van der Waals surface area contributed by atoms with Crippen LogP contribution in [0.4, 0.5) is 11.4 Å². The monoisotopic (exact) mass is 429 g/mol. The number of hydrogen-bond donors (Lipinski definition) is 0. The lowest BCUT2D eigenvalue weighted by atomic mass is 9.88. The summed E-state index contributed by atoms with van der Waals surface area (Å²) in [5, 5.41) is 0.533. The molecule has 32 heavy (non-hydrogen) atoms. The number of benzene rings is 3. The Kier molecular flexibility index (Phi) is 4.10. The first-order valence-electron chi connectivity index (χ1n) is 11.4. The fourth-order valence-corrected chi connectivity index (χ4v) is 7.04. The van der Waals surface area contributed by atoms with Crippen molar-refractivity contribution >= 4 is 23.1 Å². The molecule has 0 amide bonds. The zero-order chi connectivity index (χ0) is 21.1. The van der Waals surface area contributed by atoms with E-state index in [1.807, 2.05) is 11.8 Å². The van der Waals surface area contributed by atoms with Crippen LogP contribution in [0.1, 0.15) is 23.0 Å². The van der Waals surface area contributed by atoms with Gasteiger partial charge in [-0.1, -0.05) is 91.1 Å². The number of anilines is 2. The Labute approximate surface area is 193 Å². The molecule has 3 aromatic rings. The average molecular weight is 430 g/mol. The molecule has 1 nitrogen and oxygen atoms in total. The van der Waals surface area contributed by atoms with Crippen LogP contribution in [0, 0.1) is 0 Å². The third-order valence-corrected chi connectivity index (χ3v) is 8.48. The van der Waals surface area contributed by atoms with Crippen LogP contribution >= 0.6 is 11.8 Å². The maximum Gasteiger partial charge on any atom is 0.0629 e. The highest BCUT2D eigenvalue weighted by molar-refractivity contribution is 8.00. The topological polar surface area (TPSA) is 3.24 Å². The van der Waals surface area contributed by atoms with Gasteiger partial charge in [-0.05, 0) is 41.0 Å². The van der Waals surface area contributed by atoms with Crippen molar-refractivity contribution in [1.82, 2.24) is 0 Å². The minimum Gasteiger partial charge on any atom is -0.333 e. The van der Waals surface area contributed by atoms with Crippen molar-refractivity contribution in [3.8, 4) is 11.1 Å². The molecular formula is C30H23NS. The van der Waals surface area contributed by atoms with E-state index in [1.54, 1.807) is 0 Å². The quantitative estimate of drug-likeness (QED) is 0.409. The molecule has 0 N–H and O–H groups in total.